The summed E-state index contributed by atoms with van der Waals surface area (Å²) in [6, 6.07) is 14.2. The minimum Gasteiger partial charge on any atom is -0.488 e. The van der Waals surface area contributed by atoms with Gasteiger partial charge < -0.3 is 43.5 Å². The fourth-order valence-electron chi connectivity index (χ4n) is 7.95. The highest BCUT2D eigenvalue weighted by atomic mass is 35.5. The fourth-order valence-corrected chi connectivity index (χ4v) is 8.45. The standard InChI is InChI=1S/C27H30ClF3O5.C22H22ClF3O4.C5H10O2/c1-16(25(33)34-9-5-6-17(2)32)10-18-7-8-23(22(11-18)27(29,30)31)35-15-20-13-21(28)12-19-14-26(3,4)36-24(19)20;1-12(20(27)28)6-13-4-5-18(17(7-13)22(24,25)26)29-11-14-8-15(23)9-19-16(14)10-21(2,3)30-19;1-5(7)3-2-4-6/h7-8,11-13,16H,5-6,9-10,14-15H2,1-4H3;4-5,7-9,12H,6,10-11H2,1-3H3,(H,27,28);6H,2-4H2,1H3. The molecule has 4 aromatic rings. The molecule has 2 heterocycles. The average molecular weight is 1070 g/mol. The van der Waals surface area contributed by atoms with E-state index in [9.17, 15) is 45.5 Å². The first-order chi connectivity index (χ1) is 33.9. The van der Waals surface area contributed by atoms with Gasteiger partial charge in [0.1, 0.15) is 59.0 Å². The summed E-state index contributed by atoms with van der Waals surface area (Å²) < 4.78 is 111. The zero-order valence-electron chi connectivity index (χ0n) is 42.0. The number of benzene rings is 4. The Balaban J connectivity index is 0.000000283. The largest absolute Gasteiger partial charge is 0.488 e. The van der Waals surface area contributed by atoms with E-state index in [-0.39, 0.29) is 67.9 Å². The zero-order chi connectivity index (χ0) is 54.6. The molecule has 0 aliphatic carbocycles. The highest BCUT2D eigenvalue weighted by Gasteiger charge is 2.38. The van der Waals surface area contributed by atoms with Gasteiger partial charge >= 0.3 is 24.3 Å². The van der Waals surface area contributed by atoms with E-state index in [4.69, 9.17) is 57.1 Å². The maximum atomic E-state index is 13.9. The Hall–Kier alpha value is -5.52. The molecule has 2 aliphatic rings. The molecule has 2 aliphatic heterocycles. The third-order valence-electron chi connectivity index (χ3n) is 11.4. The number of carboxylic acids is 1. The van der Waals surface area contributed by atoms with Gasteiger partial charge in [-0.1, -0.05) is 49.2 Å². The molecule has 0 saturated heterocycles. The van der Waals surface area contributed by atoms with Crippen LogP contribution in [0.25, 0.3) is 0 Å². The summed E-state index contributed by atoms with van der Waals surface area (Å²) in [5, 5.41) is 18.0. The van der Waals surface area contributed by atoms with Crippen LogP contribution in [0.4, 0.5) is 26.3 Å². The molecular weight excluding hydrogens is 1010 g/mol. The van der Waals surface area contributed by atoms with Crippen LogP contribution in [0.1, 0.15) is 126 Å². The van der Waals surface area contributed by atoms with Crippen LogP contribution in [0.5, 0.6) is 23.0 Å². The number of carbonyl (C=O) groups is 4. The lowest BCUT2D eigenvalue weighted by molar-refractivity contribution is -0.148. The maximum Gasteiger partial charge on any atom is 0.419 e. The SMILES string of the molecule is CC(=O)CCCO.CC(=O)CCCOC(=O)C(C)Cc1ccc(OCc2cc(Cl)cc3c2OC(C)(C)C3)c(C(F)(F)F)c1.CC(Cc1ccc(OCc2cc(Cl)cc3c2CC(C)(C)O3)c(C(F)(F)F)c1)C(=O)O. The van der Waals surface area contributed by atoms with Crippen LogP contribution in [-0.4, -0.2) is 58.1 Å². The Bertz CT molecular complexity index is 2590. The van der Waals surface area contributed by atoms with E-state index in [1.54, 1.807) is 31.2 Å². The van der Waals surface area contributed by atoms with Crippen molar-refractivity contribution in [3.05, 3.63) is 115 Å². The van der Waals surface area contributed by atoms with Crippen LogP contribution < -0.4 is 18.9 Å². The van der Waals surface area contributed by atoms with Gasteiger partial charge in [0.25, 0.3) is 0 Å². The number of ketones is 2. The van der Waals surface area contributed by atoms with E-state index < -0.39 is 58.5 Å². The summed E-state index contributed by atoms with van der Waals surface area (Å²) >= 11 is 12.4. The Morgan fingerprint density at radius 1 is 0.685 bits per heavy atom. The zero-order valence-corrected chi connectivity index (χ0v) is 43.5. The number of halogens is 8. The molecule has 0 fully saturated rings. The number of aliphatic hydroxyl groups is 1. The van der Waals surface area contributed by atoms with Crippen LogP contribution >= 0.6 is 23.2 Å². The van der Waals surface area contributed by atoms with Gasteiger partial charge in [0.05, 0.1) is 29.6 Å². The number of rotatable bonds is 19. The number of Topliss-reactive ketones (excluding diaryl/α,β-unsaturated/α-hetero) is 2. The van der Waals surface area contributed by atoms with Crippen molar-refractivity contribution in [2.24, 2.45) is 11.8 Å². The van der Waals surface area contributed by atoms with E-state index in [0.717, 1.165) is 23.3 Å². The van der Waals surface area contributed by atoms with Gasteiger partial charge in [0.15, 0.2) is 0 Å². The van der Waals surface area contributed by atoms with Crippen molar-refractivity contribution in [1.29, 1.82) is 0 Å². The minimum absolute atomic E-state index is 0.00259. The second kappa shape index (κ2) is 25.6. The molecule has 2 N–H and O–H groups in total. The quantitative estimate of drug-likeness (QED) is 0.0524. The van der Waals surface area contributed by atoms with Crippen LogP contribution in [0, 0.1) is 11.8 Å². The third kappa shape index (κ3) is 18.7. The van der Waals surface area contributed by atoms with Crippen LogP contribution in [0.2, 0.25) is 10.0 Å². The molecule has 19 heteroatoms. The molecule has 0 aromatic heterocycles. The van der Waals surface area contributed by atoms with Gasteiger partial charge in [0.2, 0.25) is 0 Å². The summed E-state index contributed by atoms with van der Waals surface area (Å²) in [5.41, 5.74) is 0.869. The normalized spacial score (nSPS) is 14.9. The van der Waals surface area contributed by atoms with E-state index in [1.807, 2.05) is 27.7 Å². The number of esters is 1. The molecule has 4 aromatic carbocycles. The Morgan fingerprint density at radius 2 is 1.18 bits per heavy atom. The number of aliphatic carboxylic acids is 1. The molecule has 6 rings (SSSR count). The van der Waals surface area contributed by atoms with Crippen molar-refractivity contribution >= 4 is 46.7 Å². The number of ether oxygens (including phenoxy) is 5. The molecule has 11 nitrogen and oxygen atoms in total. The number of carboxylic acid groups (broad SMARTS) is 1. The van der Waals surface area contributed by atoms with Crippen molar-refractivity contribution in [3.63, 3.8) is 0 Å². The number of hydrogen-bond donors (Lipinski definition) is 2. The minimum atomic E-state index is -4.66. The first-order valence-corrected chi connectivity index (χ1v) is 24.3. The number of alkyl halides is 6. The summed E-state index contributed by atoms with van der Waals surface area (Å²) in [5.74, 6) is -2.33. The van der Waals surface area contributed by atoms with Gasteiger partial charge in [-0.15, -0.1) is 0 Å². The molecule has 0 radical (unpaired) electrons. The summed E-state index contributed by atoms with van der Waals surface area (Å²) in [7, 11) is 0. The topological polar surface area (TPSA) is 155 Å². The molecule has 0 amide bonds. The lowest BCUT2D eigenvalue weighted by atomic mass is 9.97. The van der Waals surface area contributed by atoms with Crippen LogP contribution in [0.3, 0.4) is 0 Å². The van der Waals surface area contributed by atoms with Gasteiger partial charge in [-0.2, -0.15) is 26.3 Å². The van der Waals surface area contributed by atoms with Gasteiger partial charge in [-0.3, -0.25) is 9.59 Å². The van der Waals surface area contributed by atoms with E-state index >= 15 is 0 Å². The summed E-state index contributed by atoms with van der Waals surface area (Å²) in [6.07, 6.45) is -6.17. The highest BCUT2D eigenvalue weighted by molar-refractivity contribution is 6.31. The molecule has 0 bridgehead atoms. The second-order valence-corrected chi connectivity index (χ2v) is 20.3. The van der Waals surface area contributed by atoms with Crippen LogP contribution in [-0.2, 0) is 75.2 Å². The summed E-state index contributed by atoms with van der Waals surface area (Å²) in [4.78, 5) is 44.3. The fraction of sp³-hybridized carbons (Fsp3) is 0.481. The smallest absolute Gasteiger partial charge is 0.419 e. The average Bonchev–Trinajstić information content (AvgIpc) is 3.77. The number of hydrogen-bond acceptors (Lipinski definition) is 10. The first kappa shape index (κ1) is 60.0. The van der Waals surface area contributed by atoms with E-state index in [0.29, 0.717) is 76.8 Å². The van der Waals surface area contributed by atoms with Gasteiger partial charge in [-0.25, -0.2) is 0 Å². The van der Waals surface area contributed by atoms with Gasteiger partial charge in [-0.05, 0) is 138 Å². The third-order valence-corrected chi connectivity index (χ3v) is 11.9. The molecule has 0 saturated carbocycles. The number of fused-ring (bicyclic) bond motifs is 2. The molecule has 73 heavy (non-hydrogen) atoms. The van der Waals surface area contributed by atoms with Crippen molar-refractivity contribution in [3.8, 4) is 23.0 Å². The molecule has 2 atom stereocenters. The lowest BCUT2D eigenvalue weighted by Gasteiger charge is -2.19. The second-order valence-electron chi connectivity index (χ2n) is 19.5. The van der Waals surface area contributed by atoms with Crippen LogP contribution in [0.15, 0.2) is 60.7 Å². The monoisotopic (exact) mass is 1070 g/mol. The molecule has 400 valence electrons. The first-order valence-electron chi connectivity index (χ1n) is 23.5. The number of aliphatic hydroxyl groups excluding tert-OH is 1. The maximum absolute atomic E-state index is 13.9. The lowest BCUT2D eigenvalue weighted by Crippen LogP contribution is -2.25. The molecule has 0 spiro atoms. The number of carbonyl (C=O) groups excluding carboxylic acids is 3. The van der Waals surface area contributed by atoms with E-state index in [2.05, 4.69) is 0 Å². The predicted octanol–water partition coefficient (Wildman–Crippen LogP) is 13.0. The van der Waals surface area contributed by atoms with Gasteiger partial charge in [0, 0.05) is 53.5 Å². The van der Waals surface area contributed by atoms with Crippen molar-refractivity contribution in [2.75, 3.05) is 13.2 Å². The summed E-state index contributed by atoms with van der Waals surface area (Å²) in [6.45, 7) is 13.7. The molecule has 2 unspecified atom stereocenters. The van der Waals surface area contributed by atoms with Crippen molar-refractivity contribution in [1.82, 2.24) is 0 Å². The van der Waals surface area contributed by atoms with E-state index in [1.165, 1.54) is 45.0 Å². The highest BCUT2D eigenvalue weighted by Crippen LogP contribution is 2.43. The Morgan fingerprint density at radius 3 is 1.68 bits per heavy atom. The predicted molar refractivity (Wildman–Crippen MR) is 263 cm³/mol. The Kier molecular flexibility index (Phi) is 21.1. The van der Waals surface area contributed by atoms with Crippen molar-refractivity contribution in [2.45, 2.75) is 144 Å². The Labute approximate surface area is 431 Å². The molecular formula is C54H62Cl2F6O11. The van der Waals surface area contributed by atoms with Crippen molar-refractivity contribution < 1.29 is 79.4 Å².